The van der Waals surface area contributed by atoms with Crippen LogP contribution in [0.25, 0.3) is 0 Å². The molecular weight excluding hydrogens is 226 g/mol. The van der Waals surface area contributed by atoms with E-state index in [0.29, 0.717) is 23.2 Å². The zero-order valence-electron chi connectivity index (χ0n) is 9.67. The number of nitrogen functional groups attached to an aromatic ring is 1. The number of aromatic nitrogens is 2. The summed E-state index contributed by atoms with van der Waals surface area (Å²) in [5.74, 6) is 0.401. The maximum atomic E-state index is 9.41. The fourth-order valence-electron chi connectivity index (χ4n) is 0.985. The monoisotopic (exact) mass is 243 g/mol. The van der Waals surface area contributed by atoms with Crippen LogP contribution in [0.3, 0.4) is 0 Å². The lowest BCUT2D eigenvalue weighted by Crippen LogP contribution is -2.15. The highest BCUT2D eigenvalue weighted by atomic mass is 32.2. The summed E-state index contributed by atoms with van der Waals surface area (Å²) in [6, 6.07) is 0. The van der Waals surface area contributed by atoms with Crippen molar-refractivity contribution >= 4 is 17.4 Å². The van der Waals surface area contributed by atoms with E-state index < -0.39 is 6.10 Å². The number of nitrogens with two attached hydrogens (primary N) is 1. The van der Waals surface area contributed by atoms with Gasteiger partial charge in [0, 0.05) is 5.25 Å². The average Bonchev–Trinajstić information content (AvgIpc) is 2.24. The molecule has 0 radical (unpaired) electrons. The van der Waals surface area contributed by atoms with Crippen molar-refractivity contribution in [2.45, 2.75) is 37.2 Å². The first kappa shape index (κ1) is 13.1. The van der Waals surface area contributed by atoms with Crippen molar-refractivity contribution in [1.29, 1.82) is 0 Å². The quantitative estimate of drug-likeness (QED) is 0.599. The van der Waals surface area contributed by atoms with Gasteiger partial charge in [-0.3, -0.25) is 0 Å². The first-order valence-electron chi connectivity index (χ1n) is 5.14. The van der Waals surface area contributed by atoms with Crippen molar-refractivity contribution in [2.24, 2.45) is 0 Å². The number of ether oxygens (including phenoxy) is 1. The van der Waals surface area contributed by atoms with Crippen molar-refractivity contribution in [2.75, 3.05) is 12.3 Å². The van der Waals surface area contributed by atoms with Crippen LogP contribution < -0.4 is 10.5 Å². The maximum absolute atomic E-state index is 9.41. The summed E-state index contributed by atoms with van der Waals surface area (Å²) in [5.41, 5.74) is 6.30. The van der Waals surface area contributed by atoms with Gasteiger partial charge in [-0.2, -0.15) is 4.98 Å². The summed E-state index contributed by atoms with van der Waals surface area (Å²) in [7, 11) is 0. The molecule has 0 amide bonds. The molecule has 0 aromatic carbocycles. The normalized spacial score (nSPS) is 14.5. The highest BCUT2D eigenvalue weighted by Crippen LogP contribution is 2.32. The van der Waals surface area contributed by atoms with Gasteiger partial charge in [0.1, 0.15) is 17.0 Å². The van der Waals surface area contributed by atoms with E-state index in [4.69, 9.17) is 10.5 Å². The van der Waals surface area contributed by atoms with E-state index in [9.17, 15) is 5.11 Å². The SMILES string of the molecule is CCOc1ncnc(SC(C)C(C)O)c1N. The Labute approximate surface area is 99.4 Å². The zero-order chi connectivity index (χ0) is 12.1. The zero-order valence-corrected chi connectivity index (χ0v) is 10.5. The van der Waals surface area contributed by atoms with E-state index in [1.165, 1.54) is 18.1 Å². The molecule has 0 fully saturated rings. The number of nitrogens with zero attached hydrogens (tertiary/aromatic N) is 2. The molecular formula is C10H17N3O2S. The average molecular weight is 243 g/mol. The molecule has 16 heavy (non-hydrogen) atoms. The van der Waals surface area contributed by atoms with Crippen LogP contribution in [0.1, 0.15) is 20.8 Å². The van der Waals surface area contributed by atoms with Crippen LogP contribution in [0.15, 0.2) is 11.4 Å². The van der Waals surface area contributed by atoms with Crippen LogP contribution in [-0.4, -0.2) is 33.0 Å². The van der Waals surface area contributed by atoms with Gasteiger partial charge in [-0.1, -0.05) is 18.7 Å². The van der Waals surface area contributed by atoms with Gasteiger partial charge in [-0.25, -0.2) is 4.98 Å². The van der Waals surface area contributed by atoms with E-state index in [0.717, 1.165) is 0 Å². The van der Waals surface area contributed by atoms with Crippen LogP contribution in [0.5, 0.6) is 5.88 Å². The number of rotatable bonds is 5. The summed E-state index contributed by atoms with van der Waals surface area (Å²) in [5, 5.41) is 10.1. The van der Waals surface area contributed by atoms with E-state index in [-0.39, 0.29) is 5.25 Å². The Morgan fingerprint density at radius 1 is 1.50 bits per heavy atom. The second kappa shape index (κ2) is 5.91. The third-order valence-electron chi connectivity index (χ3n) is 2.07. The van der Waals surface area contributed by atoms with Crippen LogP contribution in [0.2, 0.25) is 0 Å². The number of hydrogen-bond donors (Lipinski definition) is 2. The largest absolute Gasteiger partial charge is 0.476 e. The number of aliphatic hydroxyl groups excluding tert-OH is 1. The minimum atomic E-state index is -0.421. The summed E-state index contributed by atoms with van der Waals surface area (Å²) in [6.07, 6.45) is 0.994. The van der Waals surface area contributed by atoms with Crippen molar-refractivity contribution in [3.8, 4) is 5.88 Å². The molecule has 0 saturated heterocycles. The van der Waals surface area contributed by atoms with E-state index in [1.54, 1.807) is 6.92 Å². The molecule has 3 N–H and O–H groups in total. The molecule has 5 nitrogen and oxygen atoms in total. The first-order chi connectivity index (χ1) is 7.56. The van der Waals surface area contributed by atoms with Gasteiger partial charge in [0.15, 0.2) is 0 Å². The second-order valence-corrected chi connectivity index (χ2v) is 4.76. The molecule has 1 rings (SSSR count). The number of aliphatic hydroxyl groups is 1. The smallest absolute Gasteiger partial charge is 0.241 e. The molecule has 90 valence electrons. The summed E-state index contributed by atoms with van der Waals surface area (Å²) >= 11 is 1.41. The Kier molecular flexibility index (Phi) is 4.82. The predicted octanol–water partition coefficient (Wildman–Crippen LogP) is 1.32. The fourth-order valence-corrected chi connectivity index (χ4v) is 1.86. The van der Waals surface area contributed by atoms with Crippen molar-refractivity contribution in [3.05, 3.63) is 6.33 Å². The minimum Gasteiger partial charge on any atom is -0.476 e. The molecule has 0 aliphatic rings. The van der Waals surface area contributed by atoms with Gasteiger partial charge in [-0.05, 0) is 13.8 Å². The molecule has 0 aliphatic heterocycles. The van der Waals surface area contributed by atoms with Gasteiger partial charge in [0.25, 0.3) is 0 Å². The van der Waals surface area contributed by atoms with E-state index in [1.807, 2.05) is 13.8 Å². The number of anilines is 1. The molecule has 1 aromatic rings. The van der Waals surface area contributed by atoms with Crippen LogP contribution >= 0.6 is 11.8 Å². The predicted molar refractivity (Wildman–Crippen MR) is 64.6 cm³/mol. The molecule has 2 atom stereocenters. The highest BCUT2D eigenvalue weighted by molar-refractivity contribution is 8.00. The van der Waals surface area contributed by atoms with Crippen molar-refractivity contribution in [3.63, 3.8) is 0 Å². The van der Waals surface area contributed by atoms with E-state index >= 15 is 0 Å². The molecule has 0 saturated carbocycles. The van der Waals surface area contributed by atoms with Gasteiger partial charge < -0.3 is 15.6 Å². The molecule has 1 aromatic heterocycles. The molecule has 0 spiro atoms. The molecule has 6 heteroatoms. The Morgan fingerprint density at radius 3 is 2.75 bits per heavy atom. The summed E-state index contributed by atoms with van der Waals surface area (Å²) in [6.45, 7) is 6.03. The molecule has 0 bridgehead atoms. The minimum absolute atomic E-state index is 0.0201. The Balaban J connectivity index is 2.84. The third-order valence-corrected chi connectivity index (χ3v) is 3.38. The lowest BCUT2D eigenvalue weighted by Gasteiger charge is -2.15. The molecule has 1 heterocycles. The Hall–Kier alpha value is -1.01. The van der Waals surface area contributed by atoms with Gasteiger partial charge in [0.05, 0.1) is 12.7 Å². The van der Waals surface area contributed by atoms with Crippen LogP contribution in [0.4, 0.5) is 5.69 Å². The van der Waals surface area contributed by atoms with Crippen molar-refractivity contribution in [1.82, 2.24) is 9.97 Å². The maximum Gasteiger partial charge on any atom is 0.241 e. The van der Waals surface area contributed by atoms with Gasteiger partial charge in [0.2, 0.25) is 5.88 Å². The van der Waals surface area contributed by atoms with Crippen LogP contribution in [-0.2, 0) is 0 Å². The van der Waals surface area contributed by atoms with Crippen molar-refractivity contribution < 1.29 is 9.84 Å². The molecule has 2 unspecified atom stereocenters. The Bertz CT molecular complexity index is 347. The Morgan fingerprint density at radius 2 is 2.19 bits per heavy atom. The fraction of sp³-hybridized carbons (Fsp3) is 0.600. The summed E-state index contributed by atoms with van der Waals surface area (Å²) < 4.78 is 5.27. The highest BCUT2D eigenvalue weighted by Gasteiger charge is 2.16. The number of thioether (sulfide) groups is 1. The second-order valence-electron chi connectivity index (χ2n) is 3.39. The standard InChI is InChI=1S/C10H17N3O2S/c1-4-15-9-8(11)10(13-5-12-9)16-7(3)6(2)14/h5-7,14H,4,11H2,1-3H3. The van der Waals surface area contributed by atoms with Gasteiger partial charge >= 0.3 is 0 Å². The topological polar surface area (TPSA) is 81.3 Å². The van der Waals surface area contributed by atoms with Crippen LogP contribution in [0, 0.1) is 0 Å². The lowest BCUT2D eigenvalue weighted by molar-refractivity contribution is 0.196. The number of hydrogen-bond acceptors (Lipinski definition) is 6. The van der Waals surface area contributed by atoms with Gasteiger partial charge in [-0.15, -0.1) is 0 Å². The van der Waals surface area contributed by atoms with E-state index in [2.05, 4.69) is 9.97 Å². The first-order valence-corrected chi connectivity index (χ1v) is 6.02. The third kappa shape index (κ3) is 3.24. The molecule has 0 aliphatic carbocycles. The lowest BCUT2D eigenvalue weighted by atomic mass is 10.3. The summed E-state index contributed by atoms with van der Waals surface area (Å²) in [4.78, 5) is 8.03.